The monoisotopic (exact) mass is 266 g/mol. The summed E-state index contributed by atoms with van der Waals surface area (Å²) in [5.41, 5.74) is 1.61. The van der Waals surface area contributed by atoms with Gasteiger partial charge in [-0.1, -0.05) is 6.08 Å². The number of hydrogen-bond acceptors (Lipinski definition) is 2. The molecule has 0 unspecified atom stereocenters. The number of benzene rings is 1. The van der Waals surface area contributed by atoms with Gasteiger partial charge in [0.25, 0.3) is 0 Å². The summed E-state index contributed by atoms with van der Waals surface area (Å²) in [6.45, 7) is 5.52. The second kappa shape index (κ2) is 5.93. The number of hydrogen-bond donors (Lipinski definition) is 1. The smallest absolute Gasteiger partial charge is 0.178 e. The number of nitrogens with zero attached hydrogens (tertiary/aromatic N) is 1. The van der Waals surface area contributed by atoms with Gasteiger partial charge in [0.05, 0.1) is 24.2 Å². The number of aromatic amines is 1. The van der Waals surface area contributed by atoms with Crippen LogP contribution in [0.15, 0.2) is 30.9 Å². The summed E-state index contributed by atoms with van der Waals surface area (Å²) < 4.78 is 21.0. The fourth-order valence-corrected chi connectivity index (χ4v) is 2.08. The van der Waals surface area contributed by atoms with E-state index >= 15 is 0 Å². The molecule has 0 amide bonds. The van der Waals surface area contributed by atoms with Crippen LogP contribution >= 0.6 is 12.2 Å². The molecule has 0 atom stereocenters. The molecule has 0 aliphatic rings. The second-order valence-electron chi connectivity index (χ2n) is 3.93. The van der Waals surface area contributed by atoms with E-state index in [4.69, 9.17) is 17.0 Å². The van der Waals surface area contributed by atoms with Crippen LogP contribution in [0, 0.1) is 10.6 Å². The molecule has 0 aliphatic heterocycles. The van der Waals surface area contributed by atoms with Crippen LogP contribution in [0.4, 0.5) is 4.39 Å². The predicted octanol–water partition coefficient (Wildman–Crippen LogP) is 3.43. The van der Waals surface area contributed by atoms with Crippen molar-refractivity contribution in [3.63, 3.8) is 0 Å². The maximum absolute atomic E-state index is 13.1. The zero-order valence-electron chi connectivity index (χ0n) is 9.99. The third-order valence-corrected chi connectivity index (χ3v) is 2.98. The standard InChI is InChI=1S/C13H15FN2OS/c1-2-3-7-17-8-6-16-12-5-4-10(14)9-11(12)15-13(16)18/h2,4-5,9H,1,3,6-8H2,(H,15,18). The molecule has 0 spiro atoms. The highest BCUT2D eigenvalue weighted by Crippen LogP contribution is 2.15. The van der Waals surface area contributed by atoms with E-state index in [1.807, 2.05) is 10.6 Å². The highest BCUT2D eigenvalue weighted by molar-refractivity contribution is 7.71. The molecule has 0 radical (unpaired) electrons. The van der Waals surface area contributed by atoms with Crippen molar-refractivity contribution in [2.45, 2.75) is 13.0 Å². The average Bonchev–Trinajstić information content (AvgIpc) is 2.64. The molecule has 1 aromatic carbocycles. The third kappa shape index (κ3) is 2.86. The lowest BCUT2D eigenvalue weighted by atomic mass is 10.3. The molecule has 0 saturated heterocycles. The molecule has 96 valence electrons. The molecule has 18 heavy (non-hydrogen) atoms. The van der Waals surface area contributed by atoms with E-state index in [9.17, 15) is 4.39 Å². The van der Waals surface area contributed by atoms with Gasteiger partial charge in [0.2, 0.25) is 0 Å². The zero-order chi connectivity index (χ0) is 13.0. The lowest BCUT2D eigenvalue weighted by Crippen LogP contribution is -2.06. The molecule has 0 saturated carbocycles. The van der Waals surface area contributed by atoms with E-state index in [1.54, 1.807) is 6.07 Å². The first-order valence-electron chi connectivity index (χ1n) is 5.79. The van der Waals surface area contributed by atoms with Gasteiger partial charge in [-0.2, -0.15) is 0 Å². The Morgan fingerprint density at radius 2 is 2.28 bits per heavy atom. The van der Waals surface area contributed by atoms with E-state index in [1.165, 1.54) is 12.1 Å². The maximum Gasteiger partial charge on any atom is 0.178 e. The van der Waals surface area contributed by atoms with Crippen molar-refractivity contribution in [3.8, 4) is 0 Å². The van der Waals surface area contributed by atoms with Gasteiger partial charge in [-0.3, -0.25) is 0 Å². The molecule has 1 aromatic heterocycles. The number of nitrogens with one attached hydrogen (secondary N) is 1. The van der Waals surface area contributed by atoms with Crippen molar-refractivity contribution in [1.29, 1.82) is 0 Å². The Morgan fingerprint density at radius 3 is 3.06 bits per heavy atom. The molecule has 1 N–H and O–H groups in total. The van der Waals surface area contributed by atoms with Crippen molar-refractivity contribution in [3.05, 3.63) is 41.4 Å². The summed E-state index contributed by atoms with van der Waals surface area (Å²) in [5.74, 6) is -0.270. The molecule has 1 heterocycles. The van der Waals surface area contributed by atoms with Crippen molar-refractivity contribution in [2.24, 2.45) is 0 Å². The van der Waals surface area contributed by atoms with E-state index in [0.29, 0.717) is 30.0 Å². The molecule has 0 aliphatic carbocycles. The van der Waals surface area contributed by atoms with E-state index in [-0.39, 0.29) is 5.82 Å². The average molecular weight is 266 g/mol. The Hall–Kier alpha value is -1.46. The van der Waals surface area contributed by atoms with Crippen molar-refractivity contribution < 1.29 is 9.13 Å². The Labute approximate surface area is 110 Å². The molecular weight excluding hydrogens is 251 g/mol. The van der Waals surface area contributed by atoms with Crippen molar-refractivity contribution in [1.82, 2.24) is 9.55 Å². The van der Waals surface area contributed by atoms with Crippen LogP contribution in [0.25, 0.3) is 11.0 Å². The van der Waals surface area contributed by atoms with Gasteiger partial charge < -0.3 is 14.3 Å². The van der Waals surface area contributed by atoms with E-state index in [0.717, 1.165) is 11.9 Å². The van der Waals surface area contributed by atoms with E-state index < -0.39 is 0 Å². The van der Waals surface area contributed by atoms with Crippen LogP contribution in [-0.2, 0) is 11.3 Å². The molecule has 0 bridgehead atoms. The summed E-state index contributed by atoms with van der Waals surface area (Å²) in [7, 11) is 0. The quantitative estimate of drug-likeness (QED) is 0.493. The highest BCUT2D eigenvalue weighted by Gasteiger charge is 2.04. The van der Waals surface area contributed by atoms with Gasteiger partial charge >= 0.3 is 0 Å². The van der Waals surface area contributed by atoms with Crippen LogP contribution in [0.3, 0.4) is 0 Å². The minimum Gasteiger partial charge on any atom is -0.379 e. The van der Waals surface area contributed by atoms with Gasteiger partial charge in [0.15, 0.2) is 4.77 Å². The van der Waals surface area contributed by atoms with Crippen LogP contribution in [0.2, 0.25) is 0 Å². The number of H-pyrrole nitrogens is 1. The topological polar surface area (TPSA) is 29.9 Å². The van der Waals surface area contributed by atoms with Gasteiger partial charge in [0, 0.05) is 6.54 Å². The lowest BCUT2D eigenvalue weighted by molar-refractivity contribution is 0.131. The Kier molecular flexibility index (Phi) is 4.28. The van der Waals surface area contributed by atoms with Gasteiger partial charge in [-0.05, 0) is 36.8 Å². The highest BCUT2D eigenvalue weighted by atomic mass is 32.1. The first-order chi connectivity index (χ1) is 8.72. The Bertz CT molecular complexity index is 603. The summed E-state index contributed by atoms with van der Waals surface area (Å²) in [5, 5.41) is 0. The molecular formula is C13H15FN2OS. The number of fused-ring (bicyclic) bond motifs is 1. The second-order valence-corrected chi connectivity index (χ2v) is 4.32. The number of ether oxygens (including phenoxy) is 1. The summed E-state index contributed by atoms with van der Waals surface area (Å²) in [6.07, 6.45) is 2.66. The molecule has 3 nitrogen and oxygen atoms in total. The lowest BCUT2D eigenvalue weighted by Gasteiger charge is -2.05. The normalized spacial score (nSPS) is 10.9. The van der Waals surface area contributed by atoms with Gasteiger partial charge in [-0.25, -0.2) is 4.39 Å². The molecule has 2 rings (SSSR count). The van der Waals surface area contributed by atoms with Crippen LogP contribution in [0.1, 0.15) is 6.42 Å². The fraction of sp³-hybridized carbons (Fsp3) is 0.308. The fourth-order valence-electron chi connectivity index (χ4n) is 1.78. The van der Waals surface area contributed by atoms with Gasteiger partial charge in [0.1, 0.15) is 5.82 Å². The van der Waals surface area contributed by atoms with Crippen LogP contribution in [0.5, 0.6) is 0 Å². The minimum absolute atomic E-state index is 0.270. The number of imidazole rings is 1. The Balaban J connectivity index is 2.10. The van der Waals surface area contributed by atoms with Crippen molar-refractivity contribution >= 4 is 23.3 Å². The SMILES string of the molecule is C=CCCOCCn1c(=S)[nH]c2cc(F)ccc21. The third-order valence-electron chi connectivity index (χ3n) is 2.66. The van der Waals surface area contributed by atoms with Gasteiger partial charge in [-0.15, -0.1) is 6.58 Å². The Morgan fingerprint density at radius 1 is 1.44 bits per heavy atom. The summed E-state index contributed by atoms with van der Waals surface area (Å²) in [6, 6.07) is 4.60. The summed E-state index contributed by atoms with van der Waals surface area (Å²) in [4.78, 5) is 2.99. The number of halogens is 1. The maximum atomic E-state index is 13.1. The van der Waals surface area contributed by atoms with E-state index in [2.05, 4.69) is 11.6 Å². The predicted molar refractivity (Wildman–Crippen MR) is 72.7 cm³/mol. The zero-order valence-corrected chi connectivity index (χ0v) is 10.8. The largest absolute Gasteiger partial charge is 0.379 e. The van der Waals surface area contributed by atoms with Crippen LogP contribution < -0.4 is 0 Å². The minimum atomic E-state index is -0.270. The summed E-state index contributed by atoms with van der Waals surface area (Å²) >= 11 is 5.21. The molecule has 2 aromatic rings. The molecule has 5 heteroatoms. The number of rotatable bonds is 6. The van der Waals surface area contributed by atoms with Crippen LogP contribution in [-0.4, -0.2) is 22.8 Å². The number of aromatic nitrogens is 2. The molecule has 0 fully saturated rings. The van der Waals surface area contributed by atoms with Crippen molar-refractivity contribution in [2.75, 3.05) is 13.2 Å². The first-order valence-corrected chi connectivity index (χ1v) is 6.20. The first kappa shape index (κ1) is 13.0.